The number of rotatable bonds is 2. The van der Waals surface area contributed by atoms with E-state index in [4.69, 9.17) is 0 Å². The number of halogens is 2. The predicted octanol–water partition coefficient (Wildman–Crippen LogP) is 5.04. The zero-order valence-electron chi connectivity index (χ0n) is 10.4. The van der Waals surface area contributed by atoms with E-state index in [1.165, 1.54) is 11.1 Å². The van der Waals surface area contributed by atoms with Crippen LogP contribution in [-0.2, 0) is 6.42 Å². The summed E-state index contributed by atoms with van der Waals surface area (Å²) in [6.45, 7) is 2.02. The smallest absolute Gasteiger partial charge is 0.171 e. The second-order valence-corrected chi connectivity index (χ2v) is 6.61. The summed E-state index contributed by atoms with van der Waals surface area (Å²) in [5.41, 5.74) is 4.36. The minimum atomic E-state index is 0.0158. The van der Waals surface area contributed by atoms with E-state index in [1.54, 1.807) is 0 Å². The Morgan fingerprint density at radius 1 is 1.16 bits per heavy atom. The van der Waals surface area contributed by atoms with Gasteiger partial charge in [0.25, 0.3) is 0 Å². The topological polar surface area (TPSA) is 17.1 Å². The Kier molecular flexibility index (Phi) is 3.35. The van der Waals surface area contributed by atoms with Crippen LogP contribution >= 0.6 is 31.9 Å². The number of fused-ring (bicyclic) bond motifs is 1. The van der Waals surface area contributed by atoms with E-state index >= 15 is 0 Å². The predicted molar refractivity (Wildman–Crippen MR) is 83.8 cm³/mol. The number of carbonyl (C=O) groups excluding carboxylic acids is 1. The lowest BCUT2D eigenvalue weighted by atomic mass is 9.74. The fourth-order valence-electron chi connectivity index (χ4n) is 2.52. The molecule has 0 amide bonds. The minimum absolute atomic E-state index is 0.0158. The molecule has 96 valence electrons. The molecule has 0 N–H and O–H groups in total. The van der Waals surface area contributed by atoms with Crippen molar-refractivity contribution in [2.24, 2.45) is 0 Å². The third-order valence-corrected chi connectivity index (χ3v) is 5.20. The third kappa shape index (κ3) is 2.19. The zero-order chi connectivity index (χ0) is 13.6. The number of carbonyl (C=O) groups is 1. The molecule has 0 spiro atoms. The first-order valence-corrected chi connectivity index (χ1v) is 7.74. The third-order valence-electron chi connectivity index (χ3n) is 3.68. The van der Waals surface area contributed by atoms with Gasteiger partial charge in [-0.25, -0.2) is 0 Å². The molecule has 0 bridgehead atoms. The lowest BCUT2D eigenvalue weighted by Crippen LogP contribution is -2.25. The molecule has 1 nitrogen and oxygen atoms in total. The summed E-state index contributed by atoms with van der Waals surface area (Å²) in [6, 6.07) is 12.1. The van der Waals surface area contributed by atoms with E-state index in [1.807, 2.05) is 31.2 Å². The molecule has 0 radical (unpaired) electrons. The van der Waals surface area contributed by atoms with Crippen molar-refractivity contribution in [3.05, 3.63) is 67.6 Å². The Balaban J connectivity index is 1.97. The van der Waals surface area contributed by atoms with E-state index in [2.05, 4.69) is 44.0 Å². The first-order valence-electron chi connectivity index (χ1n) is 6.15. The lowest BCUT2D eigenvalue weighted by Gasteiger charge is -2.29. The Labute approximate surface area is 129 Å². The van der Waals surface area contributed by atoms with Gasteiger partial charge in [-0.15, -0.1) is 0 Å². The molecule has 0 heterocycles. The second kappa shape index (κ2) is 4.88. The summed E-state index contributed by atoms with van der Waals surface area (Å²) < 4.78 is 1.86. The largest absolute Gasteiger partial charge is 0.293 e. The van der Waals surface area contributed by atoms with Gasteiger partial charge in [-0.3, -0.25) is 4.79 Å². The van der Waals surface area contributed by atoms with Gasteiger partial charge in [0.2, 0.25) is 0 Å². The summed E-state index contributed by atoms with van der Waals surface area (Å²) in [4.78, 5) is 12.6. The van der Waals surface area contributed by atoms with Gasteiger partial charge in [-0.1, -0.05) is 56.1 Å². The van der Waals surface area contributed by atoms with Gasteiger partial charge >= 0.3 is 0 Å². The van der Waals surface area contributed by atoms with Crippen LogP contribution in [-0.4, -0.2) is 5.78 Å². The van der Waals surface area contributed by atoms with Crippen LogP contribution in [0.4, 0.5) is 0 Å². The fourth-order valence-corrected chi connectivity index (χ4v) is 3.51. The van der Waals surface area contributed by atoms with Crippen LogP contribution in [0.5, 0.6) is 0 Å². The normalized spacial score (nSPS) is 16.7. The van der Waals surface area contributed by atoms with E-state index in [0.717, 1.165) is 26.5 Å². The van der Waals surface area contributed by atoms with Crippen LogP contribution in [0.1, 0.15) is 33.0 Å². The van der Waals surface area contributed by atoms with E-state index in [-0.39, 0.29) is 11.7 Å². The molecule has 2 aromatic carbocycles. The lowest BCUT2D eigenvalue weighted by molar-refractivity contribution is 0.0948. The maximum atomic E-state index is 12.6. The van der Waals surface area contributed by atoms with E-state index in [0.29, 0.717) is 0 Å². The molecule has 19 heavy (non-hydrogen) atoms. The minimum Gasteiger partial charge on any atom is -0.293 e. The number of ketones is 1. The molecule has 0 aromatic heterocycles. The number of benzene rings is 2. The van der Waals surface area contributed by atoms with Crippen molar-refractivity contribution < 1.29 is 4.79 Å². The van der Waals surface area contributed by atoms with Crippen molar-refractivity contribution >= 4 is 37.6 Å². The number of Topliss-reactive ketones (excluding diaryl/α,β-unsaturated/α-hetero) is 1. The second-order valence-electron chi connectivity index (χ2n) is 4.90. The van der Waals surface area contributed by atoms with Gasteiger partial charge in [0, 0.05) is 14.5 Å². The van der Waals surface area contributed by atoms with Crippen molar-refractivity contribution in [1.82, 2.24) is 0 Å². The highest BCUT2D eigenvalue weighted by Crippen LogP contribution is 2.39. The van der Waals surface area contributed by atoms with Gasteiger partial charge < -0.3 is 0 Å². The summed E-state index contributed by atoms with van der Waals surface area (Å²) in [6.07, 6.45) is 0.854. The van der Waals surface area contributed by atoms with Crippen LogP contribution in [0.3, 0.4) is 0 Å². The number of aryl methyl sites for hydroxylation is 1. The van der Waals surface area contributed by atoms with Crippen molar-refractivity contribution in [3.63, 3.8) is 0 Å². The Morgan fingerprint density at radius 2 is 1.89 bits per heavy atom. The first kappa shape index (κ1) is 13.1. The summed E-state index contributed by atoms with van der Waals surface area (Å²) in [7, 11) is 0. The van der Waals surface area contributed by atoms with Gasteiger partial charge in [-0.05, 0) is 42.2 Å². The molecule has 1 aliphatic rings. The van der Waals surface area contributed by atoms with Crippen molar-refractivity contribution in [2.45, 2.75) is 19.3 Å². The monoisotopic (exact) mass is 378 g/mol. The summed E-state index contributed by atoms with van der Waals surface area (Å²) in [5.74, 6) is 0.216. The quantitative estimate of drug-likeness (QED) is 0.668. The SMILES string of the molecule is Cc1cc(Br)c(C(=O)C2Cc3ccccc32)cc1Br. The molecule has 2 aromatic rings. The molecule has 0 saturated heterocycles. The van der Waals surface area contributed by atoms with Crippen LogP contribution < -0.4 is 0 Å². The van der Waals surface area contributed by atoms with Crippen molar-refractivity contribution in [1.29, 1.82) is 0 Å². The highest BCUT2D eigenvalue weighted by atomic mass is 79.9. The molecule has 3 heteroatoms. The number of hydrogen-bond acceptors (Lipinski definition) is 1. The average molecular weight is 380 g/mol. The molecule has 1 aliphatic carbocycles. The van der Waals surface area contributed by atoms with Crippen LogP contribution in [0.15, 0.2) is 45.3 Å². The molecule has 0 fully saturated rings. The van der Waals surface area contributed by atoms with E-state index < -0.39 is 0 Å². The average Bonchev–Trinajstić information content (AvgIpc) is 2.35. The summed E-state index contributed by atoms with van der Waals surface area (Å²) in [5, 5.41) is 0. The molecule has 1 atom stereocenters. The van der Waals surface area contributed by atoms with Crippen molar-refractivity contribution in [2.75, 3.05) is 0 Å². The Morgan fingerprint density at radius 3 is 2.63 bits per heavy atom. The standard InChI is InChI=1S/C16H12Br2O/c1-9-6-15(18)13(8-14(9)17)16(19)12-7-10-4-2-3-5-11(10)12/h2-6,8,12H,7H2,1H3. The molecule has 0 aliphatic heterocycles. The summed E-state index contributed by atoms with van der Waals surface area (Å²) >= 11 is 7.00. The Hall–Kier alpha value is -0.930. The van der Waals surface area contributed by atoms with Gasteiger partial charge in [0.1, 0.15) is 0 Å². The van der Waals surface area contributed by atoms with Crippen LogP contribution in [0.2, 0.25) is 0 Å². The maximum Gasteiger partial charge on any atom is 0.171 e. The molecule has 3 rings (SSSR count). The molecular formula is C16H12Br2O. The maximum absolute atomic E-state index is 12.6. The van der Waals surface area contributed by atoms with E-state index in [9.17, 15) is 4.79 Å². The van der Waals surface area contributed by atoms with Crippen LogP contribution in [0, 0.1) is 6.92 Å². The molecule has 1 unspecified atom stereocenters. The van der Waals surface area contributed by atoms with Gasteiger partial charge in [-0.2, -0.15) is 0 Å². The highest BCUT2D eigenvalue weighted by molar-refractivity contribution is 9.11. The number of hydrogen-bond donors (Lipinski definition) is 0. The van der Waals surface area contributed by atoms with Crippen molar-refractivity contribution in [3.8, 4) is 0 Å². The highest BCUT2D eigenvalue weighted by Gasteiger charge is 2.33. The van der Waals surface area contributed by atoms with Crippen LogP contribution in [0.25, 0.3) is 0 Å². The first-order chi connectivity index (χ1) is 9.08. The van der Waals surface area contributed by atoms with Gasteiger partial charge in [0.05, 0.1) is 5.92 Å². The molecule has 0 saturated carbocycles. The fraction of sp³-hybridized carbons (Fsp3) is 0.188. The Bertz CT molecular complexity index is 676. The zero-order valence-corrected chi connectivity index (χ0v) is 13.6. The van der Waals surface area contributed by atoms with Gasteiger partial charge in [0.15, 0.2) is 5.78 Å². The molecular weight excluding hydrogens is 368 g/mol.